The summed E-state index contributed by atoms with van der Waals surface area (Å²) < 4.78 is 48.2. The average molecular weight is 632 g/mol. The van der Waals surface area contributed by atoms with Gasteiger partial charge in [0.25, 0.3) is 5.91 Å². The van der Waals surface area contributed by atoms with Crippen LogP contribution in [0.4, 0.5) is 10.1 Å². The first-order valence-electron chi connectivity index (χ1n) is 13.2. The maximum atomic E-state index is 14.4. The second-order valence-electron chi connectivity index (χ2n) is 10.8. The standard InChI is InChI=1S/C29H32FN3O6P2S/c1-15-14-39-27(31-15)21-12-20(22(38-4)13-23(21)40)28(35)33(3)25-17-9-8-16(10-17)24(25)26(34)32-18-6-5-7-19(11-18)42(36,37)29(2,30)41/h5-9,11-14,16-17,24-25H,10,40-41H2,1-4H3,(H,32,34)/t16-,17-,24-,25+,29?/m0/s1. The molecule has 1 fully saturated rings. The van der Waals surface area contributed by atoms with E-state index in [1.54, 1.807) is 39.4 Å². The number of carbonyl (C=O) groups excluding carboxylic acids is 2. The van der Waals surface area contributed by atoms with Crippen LogP contribution in [0, 0.1) is 24.7 Å². The fourth-order valence-electron chi connectivity index (χ4n) is 5.79. The fourth-order valence-corrected chi connectivity index (χ4v) is 7.56. The van der Waals surface area contributed by atoms with Gasteiger partial charge in [-0.05, 0) is 67.7 Å². The zero-order valence-corrected chi connectivity index (χ0v) is 26.6. The Morgan fingerprint density at radius 2 is 1.93 bits per heavy atom. The van der Waals surface area contributed by atoms with Crippen LogP contribution < -0.4 is 15.4 Å². The van der Waals surface area contributed by atoms with Gasteiger partial charge in [0.1, 0.15) is 12.0 Å². The summed E-state index contributed by atoms with van der Waals surface area (Å²) in [5.41, 5.74) is 1.84. The molecule has 0 radical (unpaired) electrons. The smallest absolute Gasteiger partial charge is 0.257 e. The van der Waals surface area contributed by atoms with E-state index in [1.807, 2.05) is 19.1 Å². The molecule has 5 rings (SSSR count). The minimum absolute atomic E-state index is 0.0448. The number of aryl methyl sites for hydroxylation is 1. The average Bonchev–Trinajstić information content (AvgIpc) is 3.68. The molecule has 42 heavy (non-hydrogen) atoms. The highest BCUT2D eigenvalue weighted by Crippen LogP contribution is 2.47. The van der Waals surface area contributed by atoms with E-state index < -0.39 is 26.5 Å². The number of oxazole rings is 1. The molecule has 7 atom stereocenters. The van der Waals surface area contributed by atoms with E-state index in [2.05, 4.69) is 19.5 Å². The van der Waals surface area contributed by atoms with Crippen molar-refractivity contribution in [2.75, 3.05) is 19.5 Å². The number of methoxy groups -OCH3 is 1. The Morgan fingerprint density at radius 1 is 1.21 bits per heavy atom. The van der Waals surface area contributed by atoms with Crippen molar-refractivity contribution in [2.45, 2.75) is 35.9 Å². The number of amides is 2. The molecule has 0 spiro atoms. The van der Waals surface area contributed by atoms with E-state index in [9.17, 15) is 22.4 Å². The number of sulfone groups is 1. The number of carbonyl (C=O) groups is 2. The highest BCUT2D eigenvalue weighted by molar-refractivity contribution is 7.96. The van der Waals surface area contributed by atoms with Crippen LogP contribution in [0.15, 0.2) is 64.1 Å². The number of halogens is 1. The van der Waals surface area contributed by atoms with Crippen molar-refractivity contribution in [2.24, 2.45) is 17.8 Å². The third-order valence-corrected chi connectivity index (χ3v) is 11.2. The first-order chi connectivity index (χ1) is 19.7. The summed E-state index contributed by atoms with van der Waals surface area (Å²) in [6.45, 7) is 2.75. The quantitative estimate of drug-likeness (QED) is 0.290. The number of nitrogens with one attached hydrogen (secondary N) is 1. The van der Waals surface area contributed by atoms with Crippen LogP contribution in [0.5, 0.6) is 5.75 Å². The molecule has 2 aliphatic carbocycles. The number of hydrogen-bond donors (Lipinski definition) is 1. The molecule has 2 aliphatic rings. The van der Waals surface area contributed by atoms with Crippen molar-refractivity contribution in [3.63, 3.8) is 0 Å². The molecule has 1 N–H and O–H groups in total. The number of hydrogen-bond acceptors (Lipinski definition) is 7. The summed E-state index contributed by atoms with van der Waals surface area (Å²) in [7, 11) is 3.14. The van der Waals surface area contributed by atoms with Gasteiger partial charge in [0.05, 0.1) is 35.2 Å². The van der Waals surface area contributed by atoms with Crippen molar-refractivity contribution in [3.8, 4) is 17.2 Å². The van der Waals surface area contributed by atoms with Gasteiger partial charge < -0.3 is 19.4 Å². The number of ether oxygens (including phenoxy) is 1. The van der Waals surface area contributed by atoms with Gasteiger partial charge in [0, 0.05) is 18.3 Å². The third-order valence-electron chi connectivity index (χ3n) is 7.88. The Bertz CT molecular complexity index is 1700. The number of fused-ring (bicyclic) bond motifs is 2. The van der Waals surface area contributed by atoms with Crippen LogP contribution in [0.25, 0.3) is 11.5 Å². The Morgan fingerprint density at radius 3 is 2.57 bits per heavy atom. The maximum absolute atomic E-state index is 14.4. The molecule has 2 aromatic carbocycles. The molecule has 1 saturated carbocycles. The van der Waals surface area contributed by atoms with Gasteiger partial charge in [-0.1, -0.05) is 27.5 Å². The van der Waals surface area contributed by atoms with E-state index in [1.165, 1.54) is 31.6 Å². The van der Waals surface area contributed by atoms with Crippen molar-refractivity contribution in [1.82, 2.24) is 9.88 Å². The zero-order valence-electron chi connectivity index (χ0n) is 23.5. The van der Waals surface area contributed by atoms with Crippen molar-refractivity contribution in [3.05, 3.63) is 66.1 Å². The lowest BCUT2D eigenvalue weighted by molar-refractivity contribution is -0.122. The number of rotatable bonds is 8. The number of aromatic nitrogens is 1. The summed E-state index contributed by atoms with van der Waals surface area (Å²) in [6, 6.07) is 8.45. The summed E-state index contributed by atoms with van der Waals surface area (Å²) >= 11 is 0. The highest BCUT2D eigenvalue weighted by atomic mass is 32.2. The summed E-state index contributed by atoms with van der Waals surface area (Å²) in [5, 5.41) is 3.55. The van der Waals surface area contributed by atoms with Gasteiger partial charge in [0.2, 0.25) is 26.4 Å². The molecule has 0 aliphatic heterocycles. The lowest BCUT2D eigenvalue weighted by Crippen LogP contribution is -2.48. The number of allylic oxidation sites excluding steroid dienone is 1. The second-order valence-corrected chi connectivity index (χ2v) is 15.2. The molecule has 9 nitrogen and oxygen atoms in total. The van der Waals surface area contributed by atoms with Gasteiger partial charge in [-0.15, -0.1) is 9.24 Å². The van der Waals surface area contributed by atoms with Crippen molar-refractivity contribution < 1.29 is 31.6 Å². The van der Waals surface area contributed by atoms with Crippen LogP contribution in [0.3, 0.4) is 0 Å². The van der Waals surface area contributed by atoms with Crippen molar-refractivity contribution >= 4 is 51.1 Å². The van der Waals surface area contributed by atoms with E-state index in [0.717, 1.165) is 12.2 Å². The van der Waals surface area contributed by atoms with Crippen LogP contribution in [-0.4, -0.2) is 55.1 Å². The molecule has 1 heterocycles. The normalized spacial score (nSPS) is 22.5. The number of benzene rings is 2. The zero-order chi connectivity index (χ0) is 30.6. The first-order valence-corrected chi connectivity index (χ1v) is 15.9. The van der Waals surface area contributed by atoms with Gasteiger partial charge in [0.15, 0.2) is 0 Å². The highest BCUT2D eigenvalue weighted by Gasteiger charge is 2.51. The first kappa shape index (κ1) is 30.3. The third kappa shape index (κ3) is 5.38. The molecule has 3 aromatic rings. The summed E-state index contributed by atoms with van der Waals surface area (Å²) in [5.74, 6) is -0.694. The molecule has 222 valence electrons. The van der Waals surface area contributed by atoms with Gasteiger partial charge in [-0.3, -0.25) is 9.59 Å². The van der Waals surface area contributed by atoms with Crippen LogP contribution >= 0.6 is 18.5 Å². The van der Waals surface area contributed by atoms with E-state index >= 15 is 0 Å². The molecule has 1 aromatic heterocycles. The second kappa shape index (κ2) is 11.2. The van der Waals surface area contributed by atoms with Crippen molar-refractivity contribution in [1.29, 1.82) is 0 Å². The lowest BCUT2D eigenvalue weighted by atomic mass is 9.86. The molecule has 3 unspecified atom stereocenters. The minimum Gasteiger partial charge on any atom is -0.496 e. The van der Waals surface area contributed by atoms with Gasteiger partial charge in [-0.2, -0.15) is 0 Å². The van der Waals surface area contributed by atoms with E-state index in [0.29, 0.717) is 34.9 Å². The topological polar surface area (TPSA) is 119 Å². The summed E-state index contributed by atoms with van der Waals surface area (Å²) in [4.78, 5) is 33.4. The molecular weight excluding hydrogens is 599 g/mol. The largest absolute Gasteiger partial charge is 0.496 e. The fraction of sp³-hybridized carbons (Fsp3) is 0.345. The number of anilines is 1. The van der Waals surface area contributed by atoms with Crippen LogP contribution in [-0.2, 0) is 14.6 Å². The lowest BCUT2D eigenvalue weighted by Gasteiger charge is -2.35. The maximum Gasteiger partial charge on any atom is 0.257 e. The van der Waals surface area contributed by atoms with Gasteiger partial charge >= 0.3 is 0 Å². The predicted octanol–water partition coefficient (Wildman–Crippen LogP) is 4.35. The Balaban J connectivity index is 1.43. The van der Waals surface area contributed by atoms with E-state index in [-0.39, 0.29) is 34.2 Å². The molecule has 2 amide bonds. The molecular formula is C29H32FN3O6P2S. The predicted molar refractivity (Wildman–Crippen MR) is 164 cm³/mol. The van der Waals surface area contributed by atoms with Crippen LogP contribution in [0.2, 0.25) is 0 Å². The molecule has 2 bridgehead atoms. The van der Waals surface area contributed by atoms with Gasteiger partial charge in [-0.25, -0.2) is 17.8 Å². The number of nitrogens with zero attached hydrogens (tertiary/aromatic N) is 2. The Labute approximate surface area is 248 Å². The minimum atomic E-state index is -4.30. The molecule has 13 heteroatoms. The molecule has 0 saturated heterocycles. The Kier molecular flexibility index (Phi) is 8.07. The van der Waals surface area contributed by atoms with E-state index in [4.69, 9.17) is 9.15 Å². The SMILES string of the molecule is COc1cc(P)c(-c2nc(C)co2)cc1C(=O)N(C)[C@H]1[C@@H](C(=O)Nc2cccc(S(=O)(=O)C(C)(F)P)c2)[C@H]2C=C[C@H]1C2. The Hall–Kier alpha value is -3.13. The summed E-state index contributed by atoms with van der Waals surface area (Å²) in [6.07, 6.45) is 6.25. The van der Waals surface area contributed by atoms with Crippen LogP contribution in [0.1, 0.15) is 29.4 Å². The number of alkyl halides is 1. The monoisotopic (exact) mass is 631 g/mol.